The topological polar surface area (TPSA) is 228 Å². The zero-order valence-corrected chi connectivity index (χ0v) is 67.0. The van der Waals surface area contributed by atoms with E-state index in [1.807, 2.05) is 6.08 Å². The highest BCUT2D eigenvalue weighted by atomic mass is 16.7. The van der Waals surface area contributed by atoms with Crippen molar-refractivity contribution in [2.75, 3.05) is 19.8 Å². The van der Waals surface area contributed by atoms with Gasteiger partial charge in [0.2, 0.25) is 5.91 Å². The van der Waals surface area contributed by atoms with E-state index >= 15 is 0 Å². The summed E-state index contributed by atoms with van der Waals surface area (Å²) in [5.41, 5.74) is 0. The molecule has 12 unspecified atom stereocenters. The molecule has 12 atom stereocenters. The Morgan fingerprint density at radius 1 is 0.352 bits per heavy atom. The predicted molar refractivity (Wildman–Crippen MR) is 438 cm³/mol. The highest BCUT2D eigenvalue weighted by molar-refractivity contribution is 5.76. The normalized spacial score (nSPS) is 21.9. The van der Waals surface area contributed by atoms with E-state index in [2.05, 4.69) is 116 Å². The van der Waals surface area contributed by atoms with E-state index in [0.29, 0.717) is 12.8 Å². The first-order valence-electron chi connectivity index (χ1n) is 43.6. The maximum Gasteiger partial charge on any atom is 0.220 e. The van der Waals surface area contributed by atoms with Crippen LogP contribution in [0, 0.1) is 0 Å². The van der Waals surface area contributed by atoms with Gasteiger partial charge in [-0.2, -0.15) is 0 Å². The van der Waals surface area contributed by atoms with Crippen LogP contribution >= 0.6 is 0 Å². The van der Waals surface area contributed by atoms with Gasteiger partial charge in [0.1, 0.15) is 48.8 Å². The third kappa shape index (κ3) is 55.7. The third-order valence-electron chi connectivity index (χ3n) is 20.7. The summed E-state index contributed by atoms with van der Waals surface area (Å²) in [5, 5.41) is 87.8. The molecule has 0 aromatic carbocycles. The van der Waals surface area contributed by atoms with E-state index in [1.54, 1.807) is 6.08 Å². The van der Waals surface area contributed by atoms with E-state index in [-0.39, 0.29) is 18.9 Å². The Hall–Kier alpha value is -3.35. The van der Waals surface area contributed by atoms with Gasteiger partial charge < -0.3 is 65.1 Å². The Kier molecular flexibility index (Phi) is 68.4. The van der Waals surface area contributed by atoms with Crippen LogP contribution in [-0.2, 0) is 23.7 Å². The molecule has 2 aliphatic rings. The molecule has 105 heavy (non-hydrogen) atoms. The van der Waals surface area contributed by atoms with Gasteiger partial charge >= 0.3 is 0 Å². The molecule has 2 saturated heterocycles. The number of aliphatic hydroxyl groups is 8. The first-order chi connectivity index (χ1) is 51.6. The third-order valence-corrected chi connectivity index (χ3v) is 20.7. The smallest absolute Gasteiger partial charge is 0.220 e. The molecule has 14 nitrogen and oxygen atoms in total. The van der Waals surface area contributed by atoms with Crippen molar-refractivity contribution < 1.29 is 64.6 Å². The molecule has 2 fully saturated rings. The molecular formula is C91H161NO13. The quantitative estimate of drug-likeness (QED) is 0.0204. The van der Waals surface area contributed by atoms with E-state index < -0.39 is 86.8 Å². The molecule has 14 heteroatoms. The lowest BCUT2D eigenvalue weighted by Crippen LogP contribution is -2.65. The largest absolute Gasteiger partial charge is 0.394 e. The van der Waals surface area contributed by atoms with E-state index in [0.717, 1.165) is 77.0 Å². The van der Waals surface area contributed by atoms with Crippen molar-refractivity contribution in [1.82, 2.24) is 5.32 Å². The first kappa shape index (κ1) is 97.7. The van der Waals surface area contributed by atoms with E-state index in [4.69, 9.17) is 18.9 Å². The SMILES string of the molecule is CC/C=C\C/C=C\C/C=C\C/C=C\C/C=C\C/C=C\C/C=C\CCCCCCCCCCCCCCCCCCCCCC(=O)NC(COC1OC(CO)C(OC2OC(CO)C(O)C(O)C2O)C(O)C1O)C(O)/C=C/CC/C=C/CCCCCCCCCCCCCCCCCCCCCCCCCC. The summed E-state index contributed by atoms with van der Waals surface area (Å²) in [6.45, 7) is 2.72. The molecular weight excluding hydrogens is 1310 g/mol. The van der Waals surface area contributed by atoms with E-state index in [9.17, 15) is 45.6 Å². The molecule has 0 bridgehead atoms. The highest BCUT2D eigenvalue weighted by Gasteiger charge is 2.51. The zero-order valence-electron chi connectivity index (χ0n) is 67.0. The lowest BCUT2D eigenvalue weighted by atomic mass is 9.97. The second-order valence-corrected chi connectivity index (χ2v) is 30.3. The van der Waals surface area contributed by atoms with Crippen LogP contribution < -0.4 is 5.32 Å². The monoisotopic (exact) mass is 1480 g/mol. The number of carbonyl (C=O) groups is 1. The van der Waals surface area contributed by atoms with Crippen molar-refractivity contribution in [2.45, 2.75) is 441 Å². The Morgan fingerprint density at radius 2 is 0.667 bits per heavy atom. The maximum absolute atomic E-state index is 13.4. The molecule has 2 aliphatic heterocycles. The fourth-order valence-electron chi connectivity index (χ4n) is 13.9. The molecule has 1 amide bonds. The number of aliphatic hydroxyl groups excluding tert-OH is 8. The van der Waals surface area contributed by atoms with Gasteiger partial charge in [-0.15, -0.1) is 0 Å². The summed E-state index contributed by atoms with van der Waals surface area (Å²) in [5.74, 6) is -0.245. The van der Waals surface area contributed by atoms with Gasteiger partial charge in [0.25, 0.3) is 0 Å². The highest BCUT2D eigenvalue weighted by Crippen LogP contribution is 2.30. The zero-order chi connectivity index (χ0) is 75.8. The van der Waals surface area contributed by atoms with Crippen LogP contribution in [0.25, 0.3) is 0 Å². The van der Waals surface area contributed by atoms with Gasteiger partial charge in [-0.25, -0.2) is 0 Å². The predicted octanol–water partition coefficient (Wildman–Crippen LogP) is 21.0. The Balaban J connectivity index is 1.58. The van der Waals surface area contributed by atoms with Gasteiger partial charge in [0.05, 0.1) is 32.0 Å². The van der Waals surface area contributed by atoms with Crippen LogP contribution in [0.2, 0.25) is 0 Å². The van der Waals surface area contributed by atoms with Crippen molar-refractivity contribution in [1.29, 1.82) is 0 Å². The Morgan fingerprint density at radius 3 is 1.05 bits per heavy atom. The van der Waals surface area contributed by atoms with Crippen molar-refractivity contribution in [2.24, 2.45) is 0 Å². The number of hydrogen-bond acceptors (Lipinski definition) is 13. The molecule has 0 aromatic rings. The van der Waals surface area contributed by atoms with Gasteiger partial charge in [-0.05, 0) is 89.9 Å². The Labute approximate surface area is 642 Å². The molecule has 9 N–H and O–H groups in total. The lowest BCUT2D eigenvalue weighted by molar-refractivity contribution is -0.359. The van der Waals surface area contributed by atoms with Crippen LogP contribution in [0.4, 0.5) is 0 Å². The fourth-order valence-corrected chi connectivity index (χ4v) is 13.9. The van der Waals surface area contributed by atoms with Crippen LogP contribution in [0.3, 0.4) is 0 Å². The van der Waals surface area contributed by atoms with Crippen molar-refractivity contribution in [3.8, 4) is 0 Å². The number of hydrogen-bond donors (Lipinski definition) is 9. The van der Waals surface area contributed by atoms with Crippen LogP contribution in [0.15, 0.2) is 109 Å². The lowest BCUT2D eigenvalue weighted by Gasteiger charge is -2.46. The number of nitrogens with one attached hydrogen (secondary N) is 1. The number of rotatable bonds is 73. The summed E-state index contributed by atoms with van der Waals surface area (Å²) in [6, 6.07) is -0.938. The average molecular weight is 1480 g/mol. The number of unbranched alkanes of at least 4 members (excludes halogenated alkanes) is 44. The molecule has 0 spiro atoms. The second-order valence-electron chi connectivity index (χ2n) is 30.3. The van der Waals surface area contributed by atoms with Gasteiger partial charge in [0, 0.05) is 6.42 Å². The van der Waals surface area contributed by atoms with Crippen LogP contribution in [0.5, 0.6) is 0 Å². The first-order valence-corrected chi connectivity index (χ1v) is 43.6. The second kappa shape index (κ2) is 73.5. The van der Waals surface area contributed by atoms with Crippen LogP contribution in [0.1, 0.15) is 367 Å². The summed E-state index contributed by atoms with van der Waals surface area (Å²) < 4.78 is 22.9. The summed E-state index contributed by atoms with van der Waals surface area (Å²) in [6.07, 6.45) is 90.5. The van der Waals surface area contributed by atoms with Crippen molar-refractivity contribution >= 4 is 5.91 Å². The molecule has 608 valence electrons. The molecule has 2 rings (SSSR count). The molecule has 0 aliphatic carbocycles. The number of allylic oxidation sites excluding steroid dienone is 17. The molecule has 0 radical (unpaired) electrons. The minimum Gasteiger partial charge on any atom is -0.394 e. The van der Waals surface area contributed by atoms with Gasteiger partial charge in [-0.1, -0.05) is 380 Å². The van der Waals surface area contributed by atoms with Gasteiger partial charge in [0.15, 0.2) is 12.6 Å². The summed E-state index contributed by atoms with van der Waals surface area (Å²) in [4.78, 5) is 13.4. The summed E-state index contributed by atoms with van der Waals surface area (Å²) >= 11 is 0. The molecule has 0 aromatic heterocycles. The molecule has 2 heterocycles. The minimum atomic E-state index is -1.80. The number of carbonyl (C=O) groups excluding carboxylic acids is 1. The standard InChI is InChI=1S/C91H161NO13/c1-3-5-7-9-11-13-15-17-19-21-23-25-27-29-31-33-35-36-37-38-39-40-41-42-43-44-45-47-49-51-53-55-57-59-61-63-65-67-69-71-73-75-83(96)92-79(78-102-90-88(101)86(99)89(82(77-94)104-90)105-91-87(100)85(98)84(97)81(76-93)103-91)80(95)74-72-70-68-66-64-62-60-58-56-54-52-50-48-46-34-32-30-28-26-24-22-20-18-16-14-12-10-8-6-4-2/h5,7,11,13,17,19,23,25,29,31,35-36,38-39,64,66,72,74,79-82,84-91,93-95,97-101H,3-4,6,8-10,12,14-16,18,20-22,24,26-28,30,32-34,37,40-63,65,67-71,73,75-78H2,1-2H3,(H,92,96)/b7-5-,13-11-,19-17-,25-23-,31-29-,36-35-,39-38-,66-64+,74-72+. The van der Waals surface area contributed by atoms with Crippen molar-refractivity contribution in [3.05, 3.63) is 109 Å². The van der Waals surface area contributed by atoms with E-state index in [1.165, 1.54) is 257 Å². The number of ether oxygens (including phenoxy) is 4. The summed E-state index contributed by atoms with van der Waals surface area (Å²) in [7, 11) is 0. The molecule has 0 saturated carbocycles. The fraction of sp³-hybridized carbons (Fsp3) is 0.791. The minimum absolute atomic E-state index is 0.245. The Bertz CT molecular complexity index is 2190. The van der Waals surface area contributed by atoms with Crippen LogP contribution in [-0.4, -0.2) is 140 Å². The van der Waals surface area contributed by atoms with Gasteiger partial charge in [-0.3, -0.25) is 4.79 Å². The van der Waals surface area contributed by atoms with Crippen molar-refractivity contribution in [3.63, 3.8) is 0 Å². The number of amides is 1. The maximum atomic E-state index is 13.4. The average Bonchev–Trinajstić information content (AvgIpc) is 0.769.